The molecule has 16 heavy (non-hydrogen) atoms. The molecule has 82 valence electrons. The zero-order chi connectivity index (χ0) is 11.0. The largest absolute Gasteiger partial charge is 0.183 e. The lowest BCUT2D eigenvalue weighted by molar-refractivity contribution is 0.577. The van der Waals surface area contributed by atoms with Crippen molar-refractivity contribution in [3.05, 3.63) is 44.3 Å². The van der Waals surface area contributed by atoms with Crippen LogP contribution in [0.4, 0.5) is 0 Å². The quantitative estimate of drug-likeness (QED) is 0.803. The average Bonchev–Trinajstić information content (AvgIpc) is 2.75. The van der Waals surface area contributed by atoms with E-state index < -0.39 is 0 Å². The number of fused-ring (bicyclic) bond motifs is 1. The fraction of sp³-hybridized carbons (Fsp3) is 0.333. The lowest BCUT2D eigenvalue weighted by Crippen LogP contribution is -2.12. The maximum absolute atomic E-state index is 4.23. The predicted octanol–water partition coefficient (Wildman–Crippen LogP) is 3.57. The highest BCUT2D eigenvalue weighted by Crippen LogP contribution is 2.34. The van der Waals surface area contributed by atoms with Gasteiger partial charge in [0.05, 0.1) is 0 Å². The van der Waals surface area contributed by atoms with Gasteiger partial charge < -0.3 is 0 Å². The number of halogens is 1. The SMILES string of the molecule is Brc1nnc(C2CCc3ccccc3C2)s1. The Morgan fingerprint density at radius 1 is 1.19 bits per heavy atom. The zero-order valence-electron chi connectivity index (χ0n) is 8.69. The number of hydrogen-bond donors (Lipinski definition) is 0. The third-order valence-corrected chi connectivity index (χ3v) is 4.63. The molecule has 0 bridgehead atoms. The number of hydrogen-bond acceptors (Lipinski definition) is 3. The lowest BCUT2D eigenvalue weighted by Gasteiger charge is -2.22. The Bertz CT molecular complexity index is 509. The molecule has 2 nitrogen and oxygen atoms in total. The van der Waals surface area contributed by atoms with Gasteiger partial charge in [-0.1, -0.05) is 35.6 Å². The second-order valence-electron chi connectivity index (χ2n) is 4.10. The van der Waals surface area contributed by atoms with Crippen LogP contribution in [0.1, 0.15) is 28.5 Å². The van der Waals surface area contributed by atoms with Gasteiger partial charge in [-0.25, -0.2) is 0 Å². The molecule has 1 aromatic carbocycles. The van der Waals surface area contributed by atoms with E-state index in [4.69, 9.17) is 0 Å². The summed E-state index contributed by atoms with van der Waals surface area (Å²) in [5.74, 6) is 0.554. The summed E-state index contributed by atoms with van der Waals surface area (Å²) in [6, 6.07) is 8.72. The van der Waals surface area contributed by atoms with E-state index in [0.29, 0.717) is 5.92 Å². The minimum Gasteiger partial charge on any atom is -0.142 e. The predicted molar refractivity (Wildman–Crippen MR) is 68.8 cm³/mol. The summed E-state index contributed by atoms with van der Waals surface area (Å²) in [6.07, 6.45) is 3.47. The number of aryl methyl sites for hydroxylation is 1. The molecule has 1 aliphatic rings. The van der Waals surface area contributed by atoms with Gasteiger partial charge in [-0.3, -0.25) is 0 Å². The Kier molecular flexibility index (Phi) is 2.77. The maximum atomic E-state index is 4.23. The summed E-state index contributed by atoms with van der Waals surface area (Å²) >= 11 is 5.04. The normalized spacial score (nSPS) is 19.4. The van der Waals surface area contributed by atoms with Gasteiger partial charge in [0.2, 0.25) is 0 Å². The zero-order valence-corrected chi connectivity index (χ0v) is 11.1. The molecule has 0 saturated carbocycles. The van der Waals surface area contributed by atoms with Gasteiger partial charge in [0, 0.05) is 5.92 Å². The molecule has 0 spiro atoms. The van der Waals surface area contributed by atoms with Crippen LogP contribution in [0.25, 0.3) is 0 Å². The summed E-state index contributed by atoms with van der Waals surface area (Å²) in [5.41, 5.74) is 2.98. The van der Waals surface area contributed by atoms with Gasteiger partial charge in [-0.2, -0.15) is 0 Å². The Hall–Kier alpha value is -0.740. The summed E-state index contributed by atoms with van der Waals surface area (Å²) in [6.45, 7) is 0. The second kappa shape index (κ2) is 4.26. The van der Waals surface area contributed by atoms with E-state index >= 15 is 0 Å². The van der Waals surface area contributed by atoms with Gasteiger partial charge in [0.1, 0.15) is 5.01 Å². The second-order valence-corrected chi connectivity index (χ2v) is 6.39. The third kappa shape index (κ3) is 1.92. The molecule has 1 unspecified atom stereocenters. The van der Waals surface area contributed by atoms with Crippen LogP contribution in [0.3, 0.4) is 0 Å². The lowest BCUT2D eigenvalue weighted by atomic mass is 9.84. The van der Waals surface area contributed by atoms with Crippen LogP contribution in [0.15, 0.2) is 28.2 Å². The van der Waals surface area contributed by atoms with Crippen LogP contribution < -0.4 is 0 Å². The molecule has 0 fully saturated rings. The smallest absolute Gasteiger partial charge is 0.142 e. The first-order valence-electron chi connectivity index (χ1n) is 5.38. The fourth-order valence-electron chi connectivity index (χ4n) is 2.29. The molecule has 0 N–H and O–H groups in total. The first kappa shape index (κ1) is 10.4. The first-order chi connectivity index (χ1) is 7.83. The van der Waals surface area contributed by atoms with Gasteiger partial charge >= 0.3 is 0 Å². The van der Waals surface area contributed by atoms with Crippen LogP contribution in [-0.4, -0.2) is 10.2 Å². The molecule has 0 amide bonds. The van der Waals surface area contributed by atoms with Crippen molar-refractivity contribution in [2.45, 2.75) is 25.2 Å². The monoisotopic (exact) mass is 294 g/mol. The average molecular weight is 295 g/mol. The molecule has 1 aromatic heterocycles. The summed E-state index contributed by atoms with van der Waals surface area (Å²) in [5, 5.41) is 9.43. The van der Waals surface area contributed by atoms with Crippen LogP contribution in [0, 0.1) is 0 Å². The molecule has 2 aromatic rings. The molecule has 0 radical (unpaired) electrons. The molecule has 3 rings (SSSR count). The topological polar surface area (TPSA) is 25.8 Å². The minimum absolute atomic E-state index is 0.554. The van der Waals surface area contributed by atoms with Crippen molar-refractivity contribution in [3.8, 4) is 0 Å². The van der Waals surface area contributed by atoms with Gasteiger partial charge in [0.25, 0.3) is 0 Å². The van der Waals surface area contributed by atoms with Crippen molar-refractivity contribution in [2.75, 3.05) is 0 Å². The molecule has 1 heterocycles. The molecular formula is C12H11BrN2S. The highest BCUT2D eigenvalue weighted by atomic mass is 79.9. The highest BCUT2D eigenvalue weighted by molar-refractivity contribution is 9.11. The first-order valence-corrected chi connectivity index (χ1v) is 6.99. The Labute approximate surface area is 107 Å². The van der Waals surface area contributed by atoms with Crippen molar-refractivity contribution in [3.63, 3.8) is 0 Å². The van der Waals surface area contributed by atoms with E-state index in [-0.39, 0.29) is 0 Å². The van der Waals surface area contributed by atoms with Crippen molar-refractivity contribution in [2.24, 2.45) is 0 Å². The molecule has 4 heteroatoms. The van der Waals surface area contributed by atoms with Crippen molar-refractivity contribution >= 4 is 27.3 Å². The highest BCUT2D eigenvalue weighted by Gasteiger charge is 2.22. The Balaban J connectivity index is 1.88. The van der Waals surface area contributed by atoms with Gasteiger partial charge in [-0.15, -0.1) is 10.2 Å². The Morgan fingerprint density at radius 2 is 2.00 bits per heavy atom. The number of nitrogens with zero attached hydrogens (tertiary/aromatic N) is 2. The number of benzene rings is 1. The van der Waals surface area contributed by atoms with Crippen molar-refractivity contribution in [1.82, 2.24) is 10.2 Å². The van der Waals surface area contributed by atoms with E-state index in [2.05, 4.69) is 50.4 Å². The van der Waals surface area contributed by atoms with Crippen LogP contribution in [0.2, 0.25) is 0 Å². The van der Waals surface area contributed by atoms with Crippen molar-refractivity contribution in [1.29, 1.82) is 0 Å². The summed E-state index contributed by atoms with van der Waals surface area (Å²) in [4.78, 5) is 0. The molecular weight excluding hydrogens is 284 g/mol. The Morgan fingerprint density at radius 3 is 2.75 bits per heavy atom. The number of rotatable bonds is 1. The summed E-state index contributed by atoms with van der Waals surface area (Å²) < 4.78 is 0.890. The van der Waals surface area contributed by atoms with E-state index in [9.17, 15) is 0 Å². The van der Waals surface area contributed by atoms with Crippen LogP contribution >= 0.6 is 27.3 Å². The van der Waals surface area contributed by atoms with Crippen molar-refractivity contribution < 1.29 is 0 Å². The maximum Gasteiger partial charge on any atom is 0.183 e. The minimum atomic E-state index is 0.554. The standard InChI is InChI=1S/C12H11BrN2S/c13-12-15-14-11(16-12)10-6-5-8-3-1-2-4-9(8)7-10/h1-4,10H,5-7H2. The third-order valence-electron chi connectivity index (χ3n) is 3.11. The van der Waals surface area contributed by atoms with Crippen LogP contribution in [0.5, 0.6) is 0 Å². The summed E-state index contributed by atoms with van der Waals surface area (Å²) in [7, 11) is 0. The molecule has 1 atom stereocenters. The molecule has 0 saturated heterocycles. The van der Waals surface area contributed by atoms with E-state index in [0.717, 1.165) is 16.8 Å². The van der Waals surface area contributed by atoms with E-state index in [1.165, 1.54) is 22.6 Å². The molecule has 0 aliphatic heterocycles. The van der Waals surface area contributed by atoms with Crippen LogP contribution in [-0.2, 0) is 12.8 Å². The van der Waals surface area contributed by atoms with E-state index in [1.54, 1.807) is 11.3 Å². The van der Waals surface area contributed by atoms with E-state index in [1.807, 2.05) is 0 Å². The number of aromatic nitrogens is 2. The fourth-order valence-corrected chi connectivity index (χ4v) is 3.57. The van der Waals surface area contributed by atoms with Gasteiger partial charge in [0.15, 0.2) is 3.92 Å². The van der Waals surface area contributed by atoms with Gasteiger partial charge in [-0.05, 0) is 46.3 Å². The molecule has 1 aliphatic carbocycles.